The monoisotopic (exact) mass is 261 g/mol. The van der Waals surface area contributed by atoms with Crippen LogP contribution in [0.3, 0.4) is 0 Å². The molecule has 3 nitrogen and oxygen atoms in total. The van der Waals surface area contributed by atoms with E-state index in [-0.39, 0.29) is 5.41 Å². The van der Waals surface area contributed by atoms with Gasteiger partial charge in [0.15, 0.2) is 0 Å². The van der Waals surface area contributed by atoms with Gasteiger partial charge in [0.2, 0.25) is 0 Å². The van der Waals surface area contributed by atoms with Gasteiger partial charge in [-0.3, -0.25) is 0 Å². The number of nitrogens with zero attached hydrogens (tertiary/aromatic N) is 2. The van der Waals surface area contributed by atoms with Gasteiger partial charge in [-0.2, -0.15) is 0 Å². The maximum Gasteiger partial charge on any atom is 0.126 e. The van der Waals surface area contributed by atoms with Crippen molar-refractivity contribution >= 4 is 5.82 Å². The lowest BCUT2D eigenvalue weighted by Gasteiger charge is -2.22. The van der Waals surface area contributed by atoms with E-state index in [0.717, 1.165) is 12.4 Å². The fourth-order valence-electron chi connectivity index (χ4n) is 2.57. The summed E-state index contributed by atoms with van der Waals surface area (Å²) in [5, 5.41) is 3.49. The first kappa shape index (κ1) is 14.3. The zero-order valence-corrected chi connectivity index (χ0v) is 12.7. The van der Waals surface area contributed by atoms with Crippen molar-refractivity contribution < 1.29 is 0 Å². The summed E-state index contributed by atoms with van der Waals surface area (Å²) >= 11 is 0. The lowest BCUT2D eigenvalue weighted by Crippen LogP contribution is -2.33. The highest BCUT2D eigenvalue weighted by Crippen LogP contribution is 2.22. The zero-order chi connectivity index (χ0) is 13.9. The first-order valence-electron chi connectivity index (χ1n) is 7.40. The number of pyridine rings is 1. The molecule has 1 N–H and O–H groups in total. The Labute approximate surface area is 117 Å². The summed E-state index contributed by atoms with van der Waals surface area (Å²) < 4.78 is 0. The largest absolute Gasteiger partial charge is 0.366 e. The molecule has 0 aromatic carbocycles. The average Bonchev–Trinajstić information content (AvgIpc) is 2.81. The molecule has 2 rings (SSSR count). The molecule has 1 aromatic rings. The summed E-state index contributed by atoms with van der Waals surface area (Å²) in [4.78, 5) is 7.06. The quantitative estimate of drug-likeness (QED) is 0.901. The van der Waals surface area contributed by atoms with Gasteiger partial charge in [-0.25, -0.2) is 4.98 Å². The first-order chi connectivity index (χ1) is 8.95. The smallest absolute Gasteiger partial charge is 0.126 e. The van der Waals surface area contributed by atoms with Gasteiger partial charge in [-0.05, 0) is 49.9 Å². The van der Waals surface area contributed by atoms with Crippen molar-refractivity contribution in [3.05, 3.63) is 23.9 Å². The number of anilines is 1. The van der Waals surface area contributed by atoms with E-state index in [9.17, 15) is 0 Å². The molecule has 1 aliphatic heterocycles. The maximum atomic E-state index is 4.53. The molecule has 106 valence electrons. The lowest BCUT2D eigenvalue weighted by molar-refractivity contribution is 0.327. The van der Waals surface area contributed by atoms with E-state index in [1.807, 2.05) is 6.20 Å². The molecule has 1 unspecified atom stereocenters. The highest BCUT2D eigenvalue weighted by molar-refractivity contribution is 5.38. The van der Waals surface area contributed by atoms with E-state index in [4.69, 9.17) is 0 Å². The predicted molar refractivity (Wildman–Crippen MR) is 81.7 cm³/mol. The molecule has 1 fully saturated rings. The summed E-state index contributed by atoms with van der Waals surface area (Å²) in [5.41, 5.74) is 1.46. The Bertz CT molecular complexity index is 385. The molecule has 0 bridgehead atoms. The molecular formula is C16H27N3. The van der Waals surface area contributed by atoms with E-state index in [2.05, 4.69) is 55.0 Å². The molecule has 19 heavy (non-hydrogen) atoms. The third-order valence-electron chi connectivity index (χ3n) is 3.75. The minimum Gasteiger partial charge on any atom is -0.366 e. The second-order valence-corrected chi connectivity index (χ2v) is 6.74. The third kappa shape index (κ3) is 4.20. The molecule has 1 saturated heterocycles. The summed E-state index contributed by atoms with van der Waals surface area (Å²) in [5.74, 6) is 0.986. The van der Waals surface area contributed by atoms with Crippen LogP contribution < -0.4 is 5.32 Å². The molecule has 0 aliphatic carbocycles. The average molecular weight is 261 g/mol. The molecule has 0 spiro atoms. The van der Waals surface area contributed by atoms with E-state index in [1.54, 1.807) is 0 Å². The number of nitrogens with one attached hydrogen (secondary N) is 1. The highest BCUT2D eigenvalue weighted by atomic mass is 15.2. The molecule has 1 aromatic heterocycles. The minimum atomic E-state index is 0.173. The molecule has 1 atom stereocenters. The fourth-order valence-corrected chi connectivity index (χ4v) is 2.57. The highest BCUT2D eigenvalue weighted by Gasteiger charge is 2.16. The minimum absolute atomic E-state index is 0.173. The second-order valence-electron chi connectivity index (χ2n) is 6.74. The van der Waals surface area contributed by atoms with Crippen molar-refractivity contribution in [1.29, 1.82) is 0 Å². The van der Waals surface area contributed by atoms with Crippen molar-refractivity contribution in [3.8, 4) is 0 Å². The number of hydrogen-bond acceptors (Lipinski definition) is 3. The van der Waals surface area contributed by atoms with E-state index in [1.165, 1.54) is 31.5 Å². The molecular weight excluding hydrogens is 234 g/mol. The Kier molecular flexibility index (Phi) is 4.46. The number of aromatic nitrogens is 1. The van der Waals surface area contributed by atoms with Crippen LogP contribution in [0.4, 0.5) is 5.82 Å². The van der Waals surface area contributed by atoms with Crippen molar-refractivity contribution in [1.82, 2.24) is 9.88 Å². The summed E-state index contributed by atoms with van der Waals surface area (Å²) in [6, 6.07) is 4.73. The normalized spacial score (nSPS) is 18.5. The van der Waals surface area contributed by atoms with Gasteiger partial charge in [-0.15, -0.1) is 0 Å². The van der Waals surface area contributed by atoms with Gasteiger partial charge < -0.3 is 10.2 Å². The van der Waals surface area contributed by atoms with Gasteiger partial charge >= 0.3 is 0 Å². The molecule has 1 aliphatic rings. The van der Waals surface area contributed by atoms with Crippen LogP contribution in [0.5, 0.6) is 0 Å². The molecule has 0 radical (unpaired) electrons. The van der Waals surface area contributed by atoms with Crippen LogP contribution in [0.25, 0.3) is 0 Å². The van der Waals surface area contributed by atoms with Gasteiger partial charge in [-0.1, -0.05) is 26.8 Å². The van der Waals surface area contributed by atoms with Crippen LogP contribution >= 0.6 is 0 Å². The molecule has 2 heterocycles. The van der Waals surface area contributed by atoms with Crippen molar-refractivity contribution in [2.75, 3.05) is 25.0 Å². The van der Waals surface area contributed by atoms with E-state index >= 15 is 0 Å². The van der Waals surface area contributed by atoms with Crippen LogP contribution in [0.15, 0.2) is 18.3 Å². The van der Waals surface area contributed by atoms with Gasteiger partial charge in [0.05, 0.1) is 0 Å². The van der Waals surface area contributed by atoms with Crippen LogP contribution in [0, 0.1) is 0 Å². The topological polar surface area (TPSA) is 28.2 Å². The summed E-state index contributed by atoms with van der Waals surface area (Å²) in [6.07, 6.45) is 4.70. The van der Waals surface area contributed by atoms with E-state index in [0.29, 0.717) is 6.04 Å². The number of rotatable bonds is 4. The maximum absolute atomic E-state index is 4.53. The van der Waals surface area contributed by atoms with Crippen molar-refractivity contribution in [2.45, 2.75) is 52.0 Å². The van der Waals surface area contributed by atoms with Crippen LogP contribution in [0.2, 0.25) is 0 Å². The van der Waals surface area contributed by atoms with Crippen LogP contribution in [-0.4, -0.2) is 35.6 Å². The van der Waals surface area contributed by atoms with E-state index < -0.39 is 0 Å². The number of hydrogen-bond donors (Lipinski definition) is 1. The Morgan fingerprint density at radius 2 is 1.95 bits per heavy atom. The van der Waals surface area contributed by atoms with Gasteiger partial charge in [0.1, 0.15) is 5.82 Å². The second kappa shape index (κ2) is 5.91. The summed E-state index contributed by atoms with van der Waals surface area (Å²) in [7, 11) is 0. The Balaban J connectivity index is 1.88. The van der Waals surface area contributed by atoms with Crippen LogP contribution in [0.1, 0.15) is 46.1 Å². The lowest BCUT2D eigenvalue weighted by atomic mass is 9.88. The van der Waals surface area contributed by atoms with Crippen LogP contribution in [-0.2, 0) is 5.41 Å². The number of likely N-dealkylation sites (tertiary alicyclic amines) is 1. The van der Waals surface area contributed by atoms with Crippen molar-refractivity contribution in [3.63, 3.8) is 0 Å². The Hall–Kier alpha value is -1.09. The first-order valence-corrected chi connectivity index (χ1v) is 7.40. The third-order valence-corrected chi connectivity index (χ3v) is 3.75. The Morgan fingerprint density at radius 3 is 2.47 bits per heavy atom. The Morgan fingerprint density at radius 1 is 1.26 bits per heavy atom. The SMILES string of the molecule is CC(CN1CCCC1)Nc1ccc(C(C)(C)C)cn1. The zero-order valence-electron chi connectivity index (χ0n) is 12.7. The predicted octanol–water partition coefficient (Wildman–Crippen LogP) is 3.28. The standard InChI is InChI=1S/C16H27N3/c1-13(12-19-9-5-6-10-19)18-15-8-7-14(11-17-15)16(2,3)4/h7-8,11,13H,5-6,9-10,12H2,1-4H3,(H,17,18). The molecule has 0 saturated carbocycles. The fraction of sp³-hybridized carbons (Fsp3) is 0.688. The molecule has 0 amide bonds. The van der Waals surface area contributed by atoms with Gasteiger partial charge in [0, 0.05) is 18.8 Å². The summed E-state index contributed by atoms with van der Waals surface area (Å²) in [6.45, 7) is 12.5. The van der Waals surface area contributed by atoms with Gasteiger partial charge in [0.25, 0.3) is 0 Å². The van der Waals surface area contributed by atoms with Crippen molar-refractivity contribution in [2.24, 2.45) is 0 Å². The molecule has 3 heteroatoms.